The van der Waals surface area contributed by atoms with E-state index in [0.29, 0.717) is 0 Å². The number of aromatic nitrogens is 2. The fourth-order valence-electron chi connectivity index (χ4n) is 1.40. The number of rotatable bonds is 3. The van der Waals surface area contributed by atoms with Gasteiger partial charge in [0, 0.05) is 25.8 Å². The molecular weight excluding hydrogens is 150 g/mol. The smallest absolute Gasteiger partial charge is 0.0762 e. The van der Waals surface area contributed by atoms with Gasteiger partial charge in [0.25, 0.3) is 0 Å². The lowest BCUT2D eigenvalue weighted by molar-refractivity contribution is 0.628. The third kappa shape index (κ3) is 1.67. The Morgan fingerprint density at radius 2 is 2.50 bits per heavy atom. The minimum Gasteiger partial charge on any atom is -0.308 e. The van der Waals surface area contributed by atoms with Crippen LogP contribution in [0.3, 0.4) is 0 Å². The number of aryl methyl sites for hydroxylation is 1. The minimum absolute atomic E-state index is 0.743. The van der Waals surface area contributed by atoms with Crippen LogP contribution < -0.4 is 5.32 Å². The third-order valence-corrected chi connectivity index (χ3v) is 2.42. The van der Waals surface area contributed by atoms with Gasteiger partial charge in [0.15, 0.2) is 0 Å². The maximum absolute atomic E-state index is 4.29. The van der Waals surface area contributed by atoms with E-state index in [1.807, 2.05) is 17.9 Å². The molecule has 0 spiro atoms. The molecule has 1 aromatic rings. The van der Waals surface area contributed by atoms with Gasteiger partial charge < -0.3 is 5.32 Å². The van der Waals surface area contributed by atoms with Crippen molar-refractivity contribution in [1.82, 2.24) is 15.1 Å². The van der Waals surface area contributed by atoms with Crippen LogP contribution in [-0.2, 0) is 13.6 Å². The summed E-state index contributed by atoms with van der Waals surface area (Å²) >= 11 is 0. The van der Waals surface area contributed by atoms with Crippen molar-refractivity contribution in [3.05, 3.63) is 18.0 Å². The highest BCUT2D eigenvalue weighted by Crippen LogP contribution is 2.29. The maximum Gasteiger partial charge on any atom is 0.0762 e. The molecule has 2 unspecified atom stereocenters. The monoisotopic (exact) mass is 165 g/mol. The zero-order chi connectivity index (χ0) is 8.55. The molecule has 2 rings (SSSR count). The predicted octanol–water partition coefficient (Wildman–Crippen LogP) is 0.918. The van der Waals surface area contributed by atoms with Crippen molar-refractivity contribution in [2.75, 3.05) is 0 Å². The molecule has 0 saturated heterocycles. The molecule has 12 heavy (non-hydrogen) atoms. The molecule has 1 aliphatic rings. The van der Waals surface area contributed by atoms with Crippen LogP contribution in [-0.4, -0.2) is 15.8 Å². The van der Waals surface area contributed by atoms with Gasteiger partial charge in [-0.2, -0.15) is 5.10 Å². The van der Waals surface area contributed by atoms with Gasteiger partial charge in [0.05, 0.1) is 5.69 Å². The van der Waals surface area contributed by atoms with Gasteiger partial charge in [-0.05, 0) is 18.4 Å². The highest BCUT2D eigenvalue weighted by molar-refractivity contribution is 5.00. The Kier molecular flexibility index (Phi) is 1.89. The molecule has 1 saturated carbocycles. The Hall–Kier alpha value is -0.830. The minimum atomic E-state index is 0.743. The van der Waals surface area contributed by atoms with E-state index in [9.17, 15) is 0 Å². The largest absolute Gasteiger partial charge is 0.308 e. The molecule has 3 heteroatoms. The fourth-order valence-corrected chi connectivity index (χ4v) is 1.40. The quantitative estimate of drug-likeness (QED) is 0.721. The van der Waals surface area contributed by atoms with E-state index in [2.05, 4.69) is 23.4 Å². The normalized spacial score (nSPS) is 27.5. The van der Waals surface area contributed by atoms with Gasteiger partial charge in [-0.1, -0.05) is 6.92 Å². The van der Waals surface area contributed by atoms with Crippen molar-refractivity contribution in [1.29, 1.82) is 0 Å². The maximum atomic E-state index is 4.29. The van der Waals surface area contributed by atoms with E-state index in [1.165, 1.54) is 6.42 Å². The van der Waals surface area contributed by atoms with Crippen LogP contribution in [0.15, 0.2) is 12.3 Å². The molecular formula is C9H15N3. The molecule has 1 aliphatic carbocycles. The zero-order valence-corrected chi connectivity index (χ0v) is 7.62. The standard InChI is InChI=1S/C9H15N3/c1-7-5-9(7)10-6-8-3-4-12(2)11-8/h3-4,7,9-10H,5-6H2,1-2H3. The van der Waals surface area contributed by atoms with Crippen molar-refractivity contribution in [2.45, 2.75) is 25.9 Å². The molecule has 0 amide bonds. The Morgan fingerprint density at radius 3 is 3.00 bits per heavy atom. The lowest BCUT2D eigenvalue weighted by Crippen LogP contribution is -2.17. The lowest BCUT2D eigenvalue weighted by atomic mass is 10.4. The van der Waals surface area contributed by atoms with Crippen molar-refractivity contribution in [3.8, 4) is 0 Å². The third-order valence-electron chi connectivity index (χ3n) is 2.42. The van der Waals surface area contributed by atoms with Gasteiger partial charge in [0.1, 0.15) is 0 Å². The van der Waals surface area contributed by atoms with Crippen LogP contribution in [0.4, 0.5) is 0 Å². The summed E-state index contributed by atoms with van der Waals surface area (Å²) in [6.45, 7) is 3.19. The fraction of sp³-hybridized carbons (Fsp3) is 0.667. The van der Waals surface area contributed by atoms with Crippen LogP contribution in [0.1, 0.15) is 19.0 Å². The zero-order valence-electron chi connectivity index (χ0n) is 7.62. The van der Waals surface area contributed by atoms with Crippen LogP contribution in [0.5, 0.6) is 0 Å². The predicted molar refractivity (Wildman–Crippen MR) is 47.6 cm³/mol. The molecule has 2 atom stereocenters. The SMILES string of the molecule is CC1CC1NCc1ccn(C)n1. The summed E-state index contributed by atoms with van der Waals surface area (Å²) in [5.74, 6) is 0.869. The van der Waals surface area contributed by atoms with E-state index in [-0.39, 0.29) is 0 Å². The van der Waals surface area contributed by atoms with Gasteiger partial charge in [-0.15, -0.1) is 0 Å². The molecule has 1 aromatic heterocycles. The van der Waals surface area contributed by atoms with Crippen molar-refractivity contribution in [3.63, 3.8) is 0 Å². The average Bonchev–Trinajstić information content (AvgIpc) is 2.56. The summed E-state index contributed by atoms with van der Waals surface area (Å²) in [5.41, 5.74) is 1.14. The summed E-state index contributed by atoms with van der Waals surface area (Å²) in [5, 5.41) is 7.75. The molecule has 0 aliphatic heterocycles. The molecule has 1 heterocycles. The van der Waals surface area contributed by atoms with Gasteiger partial charge in [0.2, 0.25) is 0 Å². The van der Waals surface area contributed by atoms with E-state index in [1.54, 1.807) is 0 Å². The van der Waals surface area contributed by atoms with Crippen molar-refractivity contribution in [2.24, 2.45) is 13.0 Å². The van der Waals surface area contributed by atoms with Crippen LogP contribution in [0, 0.1) is 5.92 Å². The Labute approximate surface area is 72.8 Å². The summed E-state index contributed by atoms with van der Waals surface area (Å²) in [4.78, 5) is 0. The molecule has 66 valence electrons. The van der Waals surface area contributed by atoms with Crippen LogP contribution >= 0.6 is 0 Å². The first kappa shape index (κ1) is 7.80. The molecule has 1 fully saturated rings. The Morgan fingerprint density at radius 1 is 1.75 bits per heavy atom. The summed E-state index contributed by atoms with van der Waals surface area (Å²) in [7, 11) is 1.95. The van der Waals surface area contributed by atoms with Gasteiger partial charge in [-0.3, -0.25) is 4.68 Å². The Balaban J connectivity index is 1.80. The summed E-state index contributed by atoms with van der Waals surface area (Å²) in [6, 6.07) is 2.80. The Bertz CT molecular complexity index is 266. The lowest BCUT2D eigenvalue weighted by Gasteiger charge is -1.98. The first-order valence-electron chi connectivity index (χ1n) is 4.47. The van der Waals surface area contributed by atoms with Gasteiger partial charge in [-0.25, -0.2) is 0 Å². The van der Waals surface area contributed by atoms with E-state index in [0.717, 1.165) is 24.2 Å². The van der Waals surface area contributed by atoms with Crippen LogP contribution in [0.2, 0.25) is 0 Å². The van der Waals surface area contributed by atoms with E-state index >= 15 is 0 Å². The molecule has 0 bridgehead atoms. The molecule has 1 N–H and O–H groups in total. The second kappa shape index (κ2) is 2.90. The topological polar surface area (TPSA) is 29.9 Å². The molecule has 0 radical (unpaired) electrons. The second-order valence-corrected chi connectivity index (χ2v) is 3.68. The second-order valence-electron chi connectivity index (χ2n) is 3.68. The highest BCUT2D eigenvalue weighted by Gasteiger charge is 2.31. The van der Waals surface area contributed by atoms with E-state index < -0.39 is 0 Å². The summed E-state index contributed by atoms with van der Waals surface area (Å²) in [6.07, 6.45) is 3.31. The van der Waals surface area contributed by atoms with E-state index in [4.69, 9.17) is 0 Å². The number of hydrogen-bond acceptors (Lipinski definition) is 2. The average molecular weight is 165 g/mol. The van der Waals surface area contributed by atoms with Crippen molar-refractivity contribution < 1.29 is 0 Å². The first-order chi connectivity index (χ1) is 5.75. The number of hydrogen-bond donors (Lipinski definition) is 1. The molecule has 0 aromatic carbocycles. The van der Waals surface area contributed by atoms with Crippen LogP contribution in [0.25, 0.3) is 0 Å². The first-order valence-corrected chi connectivity index (χ1v) is 4.47. The summed E-state index contributed by atoms with van der Waals surface area (Å²) < 4.78 is 1.84. The number of nitrogens with one attached hydrogen (secondary N) is 1. The number of nitrogens with zero attached hydrogens (tertiary/aromatic N) is 2. The van der Waals surface area contributed by atoms with Crippen molar-refractivity contribution >= 4 is 0 Å². The molecule has 3 nitrogen and oxygen atoms in total. The highest BCUT2D eigenvalue weighted by atomic mass is 15.3. The van der Waals surface area contributed by atoms with Gasteiger partial charge >= 0.3 is 0 Å².